The van der Waals surface area contributed by atoms with Gasteiger partial charge in [-0.2, -0.15) is 0 Å². The SMILES string of the molecule is O=C1CCCCC1C(O)O. The molecule has 0 aromatic rings. The average Bonchev–Trinajstić information content (AvgIpc) is 1.88. The summed E-state index contributed by atoms with van der Waals surface area (Å²) in [7, 11) is 0. The number of ketones is 1. The zero-order valence-electron chi connectivity index (χ0n) is 5.79. The zero-order valence-corrected chi connectivity index (χ0v) is 5.79. The monoisotopic (exact) mass is 144 g/mol. The van der Waals surface area contributed by atoms with Crippen molar-refractivity contribution in [1.29, 1.82) is 0 Å². The fourth-order valence-corrected chi connectivity index (χ4v) is 1.33. The first kappa shape index (κ1) is 7.69. The highest BCUT2D eigenvalue weighted by molar-refractivity contribution is 5.81. The van der Waals surface area contributed by atoms with Crippen LogP contribution in [0.3, 0.4) is 0 Å². The van der Waals surface area contributed by atoms with Crippen LogP contribution >= 0.6 is 0 Å². The second-order valence-electron chi connectivity index (χ2n) is 2.73. The molecule has 2 N–H and O–H groups in total. The minimum atomic E-state index is -1.44. The fraction of sp³-hybridized carbons (Fsp3) is 0.857. The van der Waals surface area contributed by atoms with Crippen LogP contribution < -0.4 is 0 Å². The van der Waals surface area contributed by atoms with Crippen LogP contribution in [-0.2, 0) is 4.79 Å². The van der Waals surface area contributed by atoms with E-state index in [9.17, 15) is 4.79 Å². The quantitative estimate of drug-likeness (QED) is 0.511. The first-order valence-electron chi connectivity index (χ1n) is 3.60. The van der Waals surface area contributed by atoms with Gasteiger partial charge >= 0.3 is 0 Å². The Morgan fingerprint density at radius 3 is 2.50 bits per heavy atom. The Bertz CT molecular complexity index is 131. The van der Waals surface area contributed by atoms with Crippen molar-refractivity contribution in [2.75, 3.05) is 0 Å². The van der Waals surface area contributed by atoms with Crippen molar-refractivity contribution in [3.63, 3.8) is 0 Å². The van der Waals surface area contributed by atoms with Crippen LogP contribution in [0.5, 0.6) is 0 Å². The molecular weight excluding hydrogens is 132 g/mol. The maximum atomic E-state index is 10.9. The van der Waals surface area contributed by atoms with Crippen molar-refractivity contribution < 1.29 is 15.0 Å². The molecule has 0 heterocycles. The molecule has 1 aliphatic rings. The van der Waals surface area contributed by atoms with Gasteiger partial charge in [-0.25, -0.2) is 0 Å². The van der Waals surface area contributed by atoms with Crippen LogP contribution in [0.4, 0.5) is 0 Å². The number of aliphatic hydroxyl groups excluding tert-OH is 1. The van der Waals surface area contributed by atoms with E-state index < -0.39 is 12.2 Å². The summed E-state index contributed by atoms with van der Waals surface area (Å²) < 4.78 is 0. The fourth-order valence-electron chi connectivity index (χ4n) is 1.33. The largest absolute Gasteiger partial charge is 0.368 e. The van der Waals surface area contributed by atoms with E-state index in [4.69, 9.17) is 10.2 Å². The molecule has 1 unspecified atom stereocenters. The summed E-state index contributed by atoms with van der Waals surface area (Å²) in [5, 5.41) is 17.4. The van der Waals surface area contributed by atoms with Crippen molar-refractivity contribution >= 4 is 5.78 Å². The van der Waals surface area contributed by atoms with E-state index in [1.165, 1.54) is 0 Å². The van der Waals surface area contributed by atoms with Gasteiger partial charge in [-0.15, -0.1) is 0 Å². The van der Waals surface area contributed by atoms with E-state index in [1.807, 2.05) is 0 Å². The van der Waals surface area contributed by atoms with E-state index in [1.54, 1.807) is 0 Å². The molecule has 0 bridgehead atoms. The van der Waals surface area contributed by atoms with E-state index >= 15 is 0 Å². The number of aliphatic hydroxyl groups is 2. The van der Waals surface area contributed by atoms with Crippen LogP contribution in [0.25, 0.3) is 0 Å². The highest BCUT2D eigenvalue weighted by Gasteiger charge is 2.27. The van der Waals surface area contributed by atoms with Gasteiger partial charge in [0.05, 0.1) is 5.92 Å². The lowest BCUT2D eigenvalue weighted by molar-refractivity contribution is -0.143. The molecule has 0 saturated heterocycles. The van der Waals surface area contributed by atoms with Crippen LogP contribution in [0.15, 0.2) is 0 Å². The molecule has 3 heteroatoms. The van der Waals surface area contributed by atoms with Gasteiger partial charge in [0.2, 0.25) is 0 Å². The average molecular weight is 144 g/mol. The third-order valence-electron chi connectivity index (χ3n) is 1.96. The Morgan fingerprint density at radius 2 is 2.10 bits per heavy atom. The smallest absolute Gasteiger partial charge is 0.161 e. The number of carbonyl (C=O) groups excluding carboxylic acids is 1. The van der Waals surface area contributed by atoms with Gasteiger partial charge in [0.25, 0.3) is 0 Å². The van der Waals surface area contributed by atoms with Crippen LogP contribution in [-0.4, -0.2) is 22.3 Å². The Balaban J connectivity index is 2.48. The summed E-state index contributed by atoms with van der Waals surface area (Å²) in [5.41, 5.74) is 0. The minimum absolute atomic E-state index is 0.00116. The number of rotatable bonds is 1. The van der Waals surface area contributed by atoms with E-state index in [0.29, 0.717) is 12.8 Å². The number of Topliss-reactive ketones (excluding diaryl/α,β-unsaturated/α-hetero) is 1. The van der Waals surface area contributed by atoms with Crippen molar-refractivity contribution in [1.82, 2.24) is 0 Å². The molecule has 1 atom stereocenters. The lowest BCUT2D eigenvalue weighted by atomic mass is 9.88. The Kier molecular flexibility index (Phi) is 2.40. The van der Waals surface area contributed by atoms with Crippen molar-refractivity contribution in [3.05, 3.63) is 0 Å². The molecular formula is C7H12O3. The Morgan fingerprint density at radius 1 is 1.40 bits per heavy atom. The Labute approximate surface area is 59.7 Å². The highest BCUT2D eigenvalue weighted by Crippen LogP contribution is 2.22. The Hall–Kier alpha value is -0.410. The van der Waals surface area contributed by atoms with E-state index in [2.05, 4.69) is 0 Å². The number of hydrogen-bond donors (Lipinski definition) is 2. The summed E-state index contributed by atoms with van der Waals surface area (Å²) in [6.45, 7) is 0. The molecule has 3 nitrogen and oxygen atoms in total. The summed E-state index contributed by atoms with van der Waals surface area (Å²) in [6, 6.07) is 0. The summed E-state index contributed by atoms with van der Waals surface area (Å²) in [5.74, 6) is -0.505. The van der Waals surface area contributed by atoms with Crippen LogP contribution in [0.1, 0.15) is 25.7 Å². The molecule has 0 radical (unpaired) electrons. The van der Waals surface area contributed by atoms with Gasteiger partial charge < -0.3 is 10.2 Å². The van der Waals surface area contributed by atoms with E-state index in [0.717, 1.165) is 12.8 Å². The molecule has 0 spiro atoms. The molecule has 1 saturated carbocycles. The molecule has 0 aliphatic heterocycles. The van der Waals surface area contributed by atoms with Crippen LogP contribution in [0, 0.1) is 5.92 Å². The lowest BCUT2D eigenvalue weighted by Crippen LogP contribution is -2.30. The molecule has 1 aliphatic carbocycles. The van der Waals surface area contributed by atoms with E-state index in [-0.39, 0.29) is 5.78 Å². The lowest BCUT2D eigenvalue weighted by Gasteiger charge is -2.21. The molecule has 0 amide bonds. The van der Waals surface area contributed by atoms with Gasteiger partial charge in [0.15, 0.2) is 6.29 Å². The van der Waals surface area contributed by atoms with Gasteiger partial charge in [-0.05, 0) is 12.8 Å². The summed E-state index contributed by atoms with van der Waals surface area (Å²) in [4.78, 5) is 10.9. The maximum Gasteiger partial charge on any atom is 0.161 e. The molecule has 0 aromatic carbocycles. The van der Waals surface area contributed by atoms with Crippen molar-refractivity contribution in [2.45, 2.75) is 32.0 Å². The number of carbonyl (C=O) groups is 1. The van der Waals surface area contributed by atoms with Crippen LogP contribution in [0.2, 0.25) is 0 Å². The maximum absolute atomic E-state index is 10.9. The summed E-state index contributed by atoms with van der Waals surface area (Å²) >= 11 is 0. The van der Waals surface area contributed by atoms with Gasteiger partial charge in [-0.3, -0.25) is 4.79 Å². The third kappa shape index (κ3) is 1.55. The molecule has 0 aromatic heterocycles. The molecule has 58 valence electrons. The third-order valence-corrected chi connectivity index (χ3v) is 1.96. The zero-order chi connectivity index (χ0) is 7.56. The predicted octanol–water partition coefficient (Wildman–Crippen LogP) is 0.0564. The first-order valence-corrected chi connectivity index (χ1v) is 3.60. The highest BCUT2D eigenvalue weighted by atomic mass is 16.5. The van der Waals surface area contributed by atoms with Gasteiger partial charge in [-0.1, -0.05) is 6.42 Å². The second-order valence-corrected chi connectivity index (χ2v) is 2.73. The first-order chi connectivity index (χ1) is 4.72. The van der Waals surface area contributed by atoms with Crippen molar-refractivity contribution in [3.8, 4) is 0 Å². The number of hydrogen-bond acceptors (Lipinski definition) is 3. The minimum Gasteiger partial charge on any atom is -0.368 e. The van der Waals surface area contributed by atoms with Crippen molar-refractivity contribution in [2.24, 2.45) is 5.92 Å². The molecule has 1 rings (SSSR count). The topological polar surface area (TPSA) is 57.5 Å². The molecule has 1 fully saturated rings. The standard InChI is InChI=1S/C7H12O3/c8-6-4-2-1-3-5(6)7(9)10/h5,7,9-10H,1-4H2. The summed E-state index contributed by atoms with van der Waals surface area (Å²) in [6.07, 6.45) is 1.56. The molecule has 10 heavy (non-hydrogen) atoms. The normalized spacial score (nSPS) is 27.5. The van der Waals surface area contributed by atoms with Gasteiger partial charge in [0.1, 0.15) is 5.78 Å². The van der Waals surface area contributed by atoms with Gasteiger partial charge in [0, 0.05) is 6.42 Å². The second kappa shape index (κ2) is 3.12. The predicted molar refractivity (Wildman–Crippen MR) is 35.2 cm³/mol.